The lowest BCUT2D eigenvalue weighted by Crippen LogP contribution is -2.25. The third-order valence-electron chi connectivity index (χ3n) is 6.17. The van der Waals surface area contributed by atoms with Gasteiger partial charge in [0.2, 0.25) is 0 Å². The highest BCUT2D eigenvalue weighted by molar-refractivity contribution is 5.78. The Morgan fingerprint density at radius 3 is 2.48 bits per heavy atom. The second-order valence-electron chi connectivity index (χ2n) is 7.91. The number of aromatic nitrogens is 2. The smallest absolute Gasteiger partial charge is 0.333 e. The zero-order chi connectivity index (χ0) is 19.8. The summed E-state index contributed by atoms with van der Waals surface area (Å²) in [5, 5.41) is 10.1. The number of imidazole rings is 1. The van der Waals surface area contributed by atoms with Crippen molar-refractivity contribution in [2.75, 3.05) is 0 Å². The van der Waals surface area contributed by atoms with Crippen LogP contribution in [0.4, 0.5) is 0 Å². The Labute approximate surface area is 169 Å². The minimum atomic E-state index is 0.0197. The maximum atomic E-state index is 13.3. The summed E-state index contributed by atoms with van der Waals surface area (Å²) in [6.45, 7) is 0.706. The van der Waals surface area contributed by atoms with E-state index in [2.05, 4.69) is 6.07 Å². The number of phenolic OH excluding ortho intramolecular Hbond substituents is 1. The largest absolute Gasteiger partial charge is 0.508 e. The average molecular weight is 384 g/mol. The summed E-state index contributed by atoms with van der Waals surface area (Å²) >= 11 is 0. The van der Waals surface area contributed by atoms with Gasteiger partial charge >= 0.3 is 5.69 Å². The van der Waals surface area contributed by atoms with E-state index in [9.17, 15) is 9.90 Å². The van der Waals surface area contributed by atoms with Crippen molar-refractivity contribution in [3.8, 4) is 11.4 Å². The maximum Gasteiger partial charge on any atom is 0.333 e. The number of aryl methyl sites for hydroxylation is 1. The lowest BCUT2D eigenvalue weighted by molar-refractivity contribution is 0.388. The minimum Gasteiger partial charge on any atom is -0.508 e. The normalized spacial score (nSPS) is 16.1. The molecule has 1 aliphatic carbocycles. The van der Waals surface area contributed by atoms with E-state index in [1.807, 2.05) is 69.8 Å². The number of nitrogens with zero attached hydrogens (tertiary/aromatic N) is 2. The highest BCUT2D eigenvalue weighted by atomic mass is 16.3. The highest BCUT2D eigenvalue weighted by Crippen LogP contribution is 2.33. The molecule has 0 saturated carbocycles. The molecule has 5 rings (SSSR count). The molecule has 0 bridgehead atoms. The van der Waals surface area contributed by atoms with Crippen LogP contribution in [0.2, 0.25) is 0 Å². The third-order valence-corrected chi connectivity index (χ3v) is 6.17. The van der Waals surface area contributed by atoms with Gasteiger partial charge in [-0.05, 0) is 73.1 Å². The molecule has 1 unspecified atom stereocenters. The Morgan fingerprint density at radius 2 is 1.66 bits per heavy atom. The van der Waals surface area contributed by atoms with Gasteiger partial charge in [0, 0.05) is 6.54 Å². The van der Waals surface area contributed by atoms with Crippen molar-refractivity contribution >= 4 is 11.0 Å². The first-order valence-corrected chi connectivity index (χ1v) is 10.3. The topological polar surface area (TPSA) is 47.2 Å². The van der Waals surface area contributed by atoms with Crippen molar-refractivity contribution in [2.45, 2.75) is 32.2 Å². The van der Waals surface area contributed by atoms with Gasteiger partial charge in [-0.1, -0.05) is 42.5 Å². The van der Waals surface area contributed by atoms with Crippen LogP contribution in [0.25, 0.3) is 16.7 Å². The number of benzene rings is 3. The van der Waals surface area contributed by atoms with Crippen LogP contribution in [0, 0.1) is 5.92 Å². The summed E-state index contributed by atoms with van der Waals surface area (Å²) < 4.78 is 3.73. The Balaban J connectivity index is 1.45. The molecule has 1 N–H and O–H groups in total. The van der Waals surface area contributed by atoms with E-state index in [0.717, 1.165) is 48.0 Å². The molecular weight excluding hydrogens is 360 g/mol. The van der Waals surface area contributed by atoms with Gasteiger partial charge in [-0.3, -0.25) is 9.13 Å². The molecule has 0 radical (unpaired) electrons. The molecule has 4 aromatic rings. The van der Waals surface area contributed by atoms with Gasteiger partial charge in [-0.2, -0.15) is 0 Å². The number of rotatable bonds is 4. The Bertz CT molecular complexity index is 1220. The summed E-state index contributed by atoms with van der Waals surface area (Å²) in [4.78, 5) is 13.3. The second kappa shape index (κ2) is 7.28. The fourth-order valence-electron chi connectivity index (χ4n) is 4.67. The summed E-state index contributed by atoms with van der Waals surface area (Å²) in [5.41, 5.74) is 5.19. The maximum absolute atomic E-state index is 13.3. The van der Waals surface area contributed by atoms with Crippen molar-refractivity contribution in [3.05, 3.63) is 94.4 Å². The zero-order valence-electron chi connectivity index (χ0n) is 16.3. The molecule has 29 heavy (non-hydrogen) atoms. The third kappa shape index (κ3) is 3.15. The van der Waals surface area contributed by atoms with Crippen molar-refractivity contribution in [1.82, 2.24) is 9.13 Å². The van der Waals surface area contributed by atoms with Crippen molar-refractivity contribution in [1.29, 1.82) is 0 Å². The molecule has 0 saturated heterocycles. The average Bonchev–Trinajstić information content (AvgIpc) is 3.04. The highest BCUT2D eigenvalue weighted by Gasteiger charge is 2.22. The first-order valence-electron chi connectivity index (χ1n) is 10.3. The van der Waals surface area contributed by atoms with Crippen molar-refractivity contribution in [3.63, 3.8) is 0 Å². The Kier molecular flexibility index (Phi) is 4.47. The summed E-state index contributed by atoms with van der Waals surface area (Å²) in [6.07, 6.45) is 3.89. The molecule has 1 heterocycles. The number of phenols is 1. The van der Waals surface area contributed by atoms with E-state index in [-0.39, 0.29) is 5.69 Å². The molecular formula is C25H24N2O2. The molecule has 1 aromatic heterocycles. The molecule has 4 nitrogen and oxygen atoms in total. The summed E-state index contributed by atoms with van der Waals surface area (Å²) in [7, 11) is 0. The fraction of sp³-hybridized carbons (Fsp3) is 0.240. The van der Waals surface area contributed by atoms with Crippen LogP contribution in [0.1, 0.15) is 24.0 Å². The van der Waals surface area contributed by atoms with Gasteiger partial charge in [-0.15, -0.1) is 0 Å². The molecule has 0 amide bonds. The molecule has 1 aliphatic rings. The molecule has 1 atom stereocenters. The Morgan fingerprint density at radius 1 is 0.897 bits per heavy atom. The molecule has 0 spiro atoms. The second-order valence-corrected chi connectivity index (χ2v) is 7.91. The first kappa shape index (κ1) is 17.8. The predicted octanol–water partition coefficient (Wildman–Crippen LogP) is 4.69. The molecule has 3 aromatic carbocycles. The van der Waals surface area contributed by atoms with E-state index in [1.54, 1.807) is 6.07 Å². The van der Waals surface area contributed by atoms with Gasteiger partial charge in [0.05, 0.1) is 16.7 Å². The van der Waals surface area contributed by atoms with Crippen LogP contribution in [0.15, 0.2) is 77.6 Å². The number of aromatic hydroxyl groups is 1. The van der Waals surface area contributed by atoms with Crippen molar-refractivity contribution < 1.29 is 5.11 Å². The van der Waals surface area contributed by atoms with Crippen LogP contribution < -0.4 is 5.69 Å². The van der Waals surface area contributed by atoms with E-state index in [4.69, 9.17) is 0 Å². The first-order chi connectivity index (χ1) is 14.2. The molecule has 0 fully saturated rings. The summed E-state index contributed by atoms with van der Waals surface area (Å²) in [5.74, 6) is 0.943. The quantitative estimate of drug-likeness (QED) is 0.555. The predicted molar refractivity (Wildman–Crippen MR) is 116 cm³/mol. The zero-order valence-corrected chi connectivity index (χ0v) is 16.3. The molecule has 146 valence electrons. The number of para-hydroxylation sites is 3. The SMILES string of the molecule is O=c1n(CCC2CCc3c(O)cccc3C2)c2ccccc2n1-c1ccccc1. The van der Waals surface area contributed by atoms with Crippen LogP contribution in [-0.4, -0.2) is 14.2 Å². The van der Waals surface area contributed by atoms with E-state index >= 15 is 0 Å². The summed E-state index contributed by atoms with van der Waals surface area (Å²) in [6, 6.07) is 23.7. The van der Waals surface area contributed by atoms with Gasteiger partial charge in [0.15, 0.2) is 0 Å². The lowest BCUT2D eigenvalue weighted by atomic mass is 9.82. The monoisotopic (exact) mass is 384 g/mol. The number of hydrogen-bond donors (Lipinski definition) is 1. The van der Waals surface area contributed by atoms with Crippen LogP contribution in [0.3, 0.4) is 0 Å². The lowest BCUT2D eigenvalue weighted by Gasteiger charge is -2.25. The van der Waals surface area contributed by atoms with Gasteiger partial charge in [0.25, 0.3) is 0 Å². The van der Waals surface area contributed by atoms with E-state index in [1.165, 1.54) is 5.56 Å². The van der Waals surface area contributed by atoms with Gasteiger partial charge < -0.3 is 5.11 Å². The van der Waals surface area contributed by atoms with Gasteiger partial charge in [0.1, 0.15) is 5.75 Å². The molecule has 4 heteroatoms. The number of hydrogen-bond acceptors (Lipinski definition) is 2. The standard InChI is InChI=1S/C25H24N2O2/c28-24-12-6-7-19-17-18(13-14-21(19)24)15-16-26-22-10-4-5-11-23(22)27(25(26)29)20-8-2-1-3-9-20/h1-12,18,28H,13-17H2. The van der Waals surface area contributed by atoms with E-state index < -0.39 is 0 Å². The van der Waals surface area contributed by atoms with Gasteiger partial charge in [-0.25, -0.2) is 4.79 Å². The Hall–Kier alpha value is -3.27. The van der Waals surface area contributed by atoms with E-state index in [0.29, 0.717) is 18.2 Å². The van der Waals surface area contributed by atoms with Crippen LogP contribution in [-0.2, 0) is 19.4 Å². The van der Waals surface area contributed by atoms with Crippen LogP contribution in [0.5, 0.6) is 5.75 Å². The minimum absolute atomic E-state index is 0.0197. The fourth-order valence-corrected chi connectivity index (χ4v) is 4.67. The number of fused-ring (bicyclic) bond motifs is 2. The molecule has 0 aliphatic heterocycles. The van der Waals surface area contributed by atoms with Crippen LogP contribution >= 0.6 is 0 Å². The van der Waals surface area contributed by atoms with Crippen molar-refractivity contribution in [2.24, 2.45) is 5.92 Å².